The van der Waals surface area contributed by atoms with Gasteiger partial charge in [-0.3, -0.25) is 4.79 Å². The van der Waals surface area contributed by atoms with Crippen LogP contribution in [0.15, 0.2) is 24.3 Å². The molecule has 1 heteroatoms. The average molecular weight is 172 g/mol. The van der Waals surface area contributed by atoms with Crippen molar-refractivity contribution in [2.24, 2.45) is 0 Å². The standard InChI is InChI=1S/C12H12O/c1-10-6-8-12(9-7-10)5-3-4-11(2)13/h6-9H,5H2,1-2H3. The number of aryl methyl sites for hydroxylation is 1. The monoisotopic (exact) mass is 172 g/mol. The van der Waals surface area contributed by atoms with Gasteiger partial charge in [-0.25, -0.2) is 0 Å². The first-order chi connectivity index (χ1) is 6.18. The molecule has 66 valence electrons. The molecule has 0 radical (unpaired) electrons. The van der Waals surface area contributed by atoms with Gasteiger partial charge in [0.15, 0.2) is 0 Å². The Morgan fingerprint density at radius 2 is 1.92 bits per heavy atom. The quantitative estimate of drug-likeness (QED) is 0.468. The Hall–Kier alpha value is -1.55. The van der Waals surface area contributed by atoms with Crippen molar-refractivity contribution in [3.63, 3.8) is 0 Å². The fourth-order valence-corrected chi connectivity index (χ4v) is 0.977. The summed E-state index contributed by atoms with van der Waals surface area (Å²) in [5.41, 5.74) is 2.39. The number of hydrogen-bond acceptors (Lipinski definition) is 1. The van der Waals surface area contributed by atoms with Crippen LogP contribution in [-0.2, 0) is 11.2 Å². The van der Waals surface area contributed by atoms with Crippen LogP contribution in [0.2, 0.25) is 0 Å². The van der Waals surface area contributed by atoms with Gasteiger partial charge in [-0.2, -0.15) is 0 Å². The summed E-state index contributed by atoms with van der Waals surface area (Å²) < 4.78 is 0. The molecule has 0 aliphatic rings. The molecule has 0 aliphatic carbocycles. The van der Waals surface area contributed by atoms with E-state index < -0.39 is 0 Å². The fraction of sp³-hybridized carbons (Fsp3) is 0.250. The Labute approximate surface area is 78.8 Å². The first kappa shape index (κ1) is 9.54. The van der Waals surface area contributed by atoms with Crippen molar-refractivity contribution in [3.05, 3.63) is 35.4 Å². The smallest absolute Gasteiger partial charge is 0.202 e. The van der Waals surface area contributed by atoms with Crippen LogP contribution in [0.4, 0.5) is 0 Å². The molecule has 0 amide bonds. The summed E-state index contributed by atoms with van der Waals surface area (Å²) in [4.78, 5) is 10.5. The summed E-state index contributed by atoms with van der Waals surface area (Å²) in [5, 5.41) is 0. The summed E-state index contributed by atoms with van der Waals surface area (Å²) in [6.45, 7) is 3.52. The van der Waals surface area contributed by atoms with E-state index in [9.17, 15) is 4.79 Å². The minimum Gasteiger partial charge on any atom is -0.285 e. The minimum absolute atomic E-state index is 0.0767. The zero-order chi connectivity index (χ0) is 9.68. The van der Waals surface area contributed by atoms with E-state index in [1.165, 1.54) is 12.5 Å². The van der Waals surface area contributed by atoms with E-state index >= 15 is 0 Å². The number of hydrogen-bond donors (Lipinski definition) is 0. The summed E-state index contributed by atoms with van der Waals surface area (Å²) >= 11 is 0. The van der Waals surface area contributed by atoms with Crippen molar-refractivity contribution in [3.8, 4) is 11.8 Å². The molecule has 0 aliphatic heterocycles. The van der Waals surface area contributed by atoms with Gasteiger partial charge in [0.25, 0.3) is 0 Å². The van der Waals surface area contributed by atoms with Crippen molar-refractivity contribution in [1.82, 2.24) is 0 Å². The molecule has 0 unspecified atom stereocenters. The van der Waals surface area contributed by atoms with Crippen LogP contribution >= 0.6 is 0 Å². The maximum atomic E-state index is 10.5. The molecule has 0 saturated carbocycles. The zero-order valence-electron chi connectivity index (χ0n) is 7.92. The highest BCUT2D eigenvalue weighted by atomic mass is 16.1. The lowest BCUT2D eigenvalue weighted by Crippen LogP contribution is -1.84. The van der Waals surface area contributed by atoms with Crippen molar-refractivity contribution in [2.75, 3.05) is 0 Å². The van der Waals surface area contributed by atoms with E-state index in [0.717, 1.165) is 5.56 Å². The van der Waals surface area contributed by atoms with Gasteiger partial charge in [-0.15, -0.1) is 0 Å². The Morgan fingerprint density at radius 3 is 2.46 bits per heavy atom. The van der Waals surface area contributed by atoms with Gasteiger partial charge in [0.05, 0.1) is 0 Å². The van der Waals surface area contributed by atoms with Crippen LogP contribution in [0.3, 0.4) is 0 Å². The molecule has 0 bridgehead atoms. The molecule has 0 atom stereocenters. The maximum absolute atomic E-state index is 10.5. The predicted molar refractivity (Wildman–Crippen MR) is 53.3 cm³/mol. The number of benzene rings is 1. The van der Waals surface area contributed by atoms with Crippen molar-refractivity contribution >= 4 is 5.78 Å². The molecular formula is C12H12O. The third-order valence-electron chi connectivity index (χ3n) is 1.68. The molecule has 1 nitrogen and oxygen atoms in total. The number of carbonyl (C=O) groups excluding carboxylic acids is 1. The van der Waals surface area contributed by atoms with Gasteiger partial charge >= 0.3 is 0 Å². The second kappa shape index (κ2) is 4.47. The lowest BCUT2D eigenvalue weighted by molar-refractivity contribution is -0.111. The molecule has 0 aromatic heterocycles. The van der Waals surface area contributed by atoms with Crippen molar-refractivity contribution in [2.45, 2.75) is 20.3 Å². The summed E-state index contributed by atoms with van der Waals surface area (Å²) in [7, 11) is 0. The second-order valence-electron chi connectivity index (χ2n) is 3.02. The van der Waals surface area contributed by atoms with E-state index in [-0.39, 0.29) is 5.78 Å². The van der Waals surface area contributed by atoms with E-state index in [1.807, 2.05) is 31.2 Å². The third-order valence-corrected chi connectivity index (χ3v) is 1.68. The largest absolute Gasteiger partial charge is 0.285 e. The zero-order valence-corrected chi connectivity index (χ0v) is 7.92. The molecule has 0 fully saturated rings. The van der Waals surface area contributed by atoms with Crippen LogP contribution in [-0.4, -0.2) is 5.78 Å². The topological polar surface area (TPSA) is 17.1 Å². The molecule has 1 rings (SSSR count). The highest BCUT2D eigenvalue weighted by molar-refractivity contribution is 5.93. The lowest BCUT2D eigenvalue weighted by atomic mass is 10.1. The number of rotatable bonds is 1. The Bertz CT molecular complexity index is 349. The van der Waals surface area contributed by atoms with Crippen LogP contribution in [0.5, 0.6) is 0 Å². The highest BCUT2D eigenvalue weighted by Gasteiger charge is 1.88. The van der Waals surface area contributed by atoms with Crippen LogP contribution in [0, 0.1) is 18.8 Å². The molecule has 0 saturated heterocycles. The molecule has 0 N–H and O–H groups in total. The molecular weight excluding hydrogens is 160 g/mol. The minimum atomic E-state index is -0.0767. The van der Waals surface area contributed by atoms with E-state index in [1.54, 1.807) is 0 Å². The van der Waals surface area contributed by atoms with E-state index in [4.69, 9.17) is 0 Å². The van der Waals surface area contributed by atoms with Gasteiger partial charge in [0, 0.05) is 13.3 Å². The molecule has 13 heavy (non-hydrogen) atoms. The van der Waals surface area contributed by atoms with Crippen LogP contribution < -0.4 is 0 Å². The van der Waals surface area contributed by atoms with Crippen LogP contribution in [0.1, 0.15) is 18.1 Å². The van der Waals surface area contributed by atoms with Gasteiger partial charge in [0.1, 0.15) is 0 Å². The Kier molecular flexibility index (Phi) is 3.28. The first-order valence-electron chi connectivity index (χ1n) is 4.23. The Balaban J connectivity index is 2.62. The molecule has 0 heterocycles. The summed E-state index contributed by atoms with van der Waals surface area (Å²) in [5.74, 6) is 5.26. The van der Waals surface area contributed by atoms with Gasteiger partial charge in [-0.1, -0.05) is 35.7 Å². The lowest BCUT2D eigenvalue weighted by Gasteiger charge is -1.94. The van der Waals surface area contributed by atoms with E-state index in [0.29, 0.717) is 6.42 Å². The van der Waals surface area contributed by atoms with Crippen LogP contribution in [0.25, 0.3) is 0 Å². The predicted octanol–water partition coefficient (Wildman–Crippen LogP) is 2.13. The van der Waals surface area contributed by atoms with E-state index in [2.05, 4.69) is 11.8 Å². The third kappa shape index (κ3) is 3.57. The van der Waals surface area contributed by atoms with Crippen molar-refractivity contribution < 1.29 is 4.79 Å². The Morgan fingerprint density at radius 1 is 1.31 bits per heavy atom. The van der Waals surface area contributed by atoms with Gasteiger partial charge in [-0.05, 0) is 18.4 Å². The van der Waals surface area contributed by atoms with Gasteiger partial charge in [0.2, 0.25) is 5.78 Å². The fourth-order valence-electron chi connectivity index (χ4n) is 0.977. The summed E-state index contributed by atoms with van der Waals surface area (Å²) in [6, 6.07) is 8.16. The average Bonchev–Trinajstić information content (AvgIpc) is 2.08. The first-order valence-corrected chi connectivity index (χ1v) is 4.23. The molecule has 1 aromatic rings. The number of ketones is 1. The molecule has 1 aromatic carbocycles. The summed E-state index contributed by atoms with van der Waals surface area (Å²) in [6.07, 6.45) is 0.653. The number of carbonyl (C=O) groups is 1. The maximum Gasteiger partial charge on any atom is 0.202 e. The van der Waals surface area contributed by atoms with Gasteiger partial charge < -0.3 is 0 Å². The second-order valence-corrected chi connectivity index (χ2v) is 3.02. The normalized spacial score (nSPS) is 8.77. The number of Topliss-reactive ketones (excluding diaryl/α,β-unsaturated/α-hetero) is 1. The SMILES string of the molecule is CC(=O)C#CCc1ccc(C)cc1. The highest BCUT2D eigenvalue weighted by Crippen LogP contribution is 2.02. The molecule has 0 spiro atoms. The van der Waals surface area contributed by atoms with Crippen molar-refractivity contribution in [1.29, 1.82) is 0 Å².